The van der Waals surface area contributed by atoms with Crippen molar-refractivity contribution in [1.29, 1.82) is 0 Å². The summed E-state index contributed by atoms with van der Waals surface area (Å²) < 4.78 is 5.85. The summed E-state index contributed by atoms with van der Waals surface area (Å²) in [7, 11) is 2.00. The van der Waals surface area contributed by atoms with E-state index in [2.05, 4.69) is 31.3 Å². The van der Waals surface area contributed by atoms with E-state index in [0.29, 0.717) is 12.0 Å². The standard InChI is InChI=1S/C14H19NO/c1-10(8-11(2)15-3)14-9-12-6-4-5-7-13(12)16-14/h4-7,9-11,15H,8H2,1-3H3. The molecule has 0 spiro atoms. The predicted molar refractivity (Wildman–Crippen MR) is 67.8 cm³/mol. The molecule has 1 N–H and O–H groups in total. The SMILES string of the molecule is CNC(C)CC(C)c1cc2ccccc2o1. The fourth-order valence-electron chi connectivity index (χ4n) is 2.01. The number of rotatable bonds is 4. The third kappa shape index (κ3) is 2.27. The zero-order valence-corrected chi connectivity index (χ0v) is 10.2. The summed E-state index contributed by atoms with van der Waals surface area (Å²) in [6, 6.07) is 10.8. The third-order valence-corrected chi connectivity index (χ3v) is 3.13. The largest absolute Gasteiger partial charge is 0.461 e. The second-order valence-electron chi connectivity index (χ2n) is 4.51. The van der Waals surface area contributed by atoms with Gasteiger partial charge in [0.25, 0.3) is 0 Å². The van der Waals surface area contributed by atoms with Crippen LogP contribution in [0.15, 0.2) is 34.7 Å². The Morgan fingerprint density at radius 2 is 2.00 bits per heavy atom. The molecule has 0 amide bonds. The van der Waals surface area contributed by atoms with Crippen LogP contribution in [0, 0.1) is 0 Å². The van der Waals surface area contributed by atoms with Crippen molar-refractivity contribution in [2.45, 2.75) is 32.2 Å². The Morgan fingerprint density at radius 1 is 1.25 bits per heavy atom. The van der Waals surface area contributed by atoms with Crippen LogP contribution in [0.3, 0.4) is 0 Å². The van der Waals surface area contributed by atoms with Crippen LogP contribution < -0.4 is 5.32 Å². The van der Waals surface area contributed by atoms with Gasteiger partial charge < -0.3 is 9.73 Å². The number of benzene rings is 1. The van der Waals surface area contributed by atoms with Crippen LogP contribution in [0.25, 0.3) is 11.0 Å². The first kappa shape index (κ1) is 11.2. The Morgan fingerprint density at radius 3 is 2.69 bits per heavy atom. The minimum atomic E-state index is 0.454. The Labute approximate surface area is 96.6 Å². The van der Waals surface area contributed by atoms with Gasteiger partial charge in [-0.2, -0.15) is 0 Å². The molecule has 0 aliphatic rings. The second kappa shape index (κ2) is 4.71. The van der Waals surface area contributed by atoms with Gasteiger partial charge in [-0.15, -0.1) is 0 Å². The van der Waals surface area contributed by atoms with Gasteiger partial charge in [0.15, 0.2) is 0 Å². The minimum absolute atomic E-state index is 0.454. The number of fused-ring (bicyclic) bond motifs is 1. The van der Waals surface area contributed by atoms with E-state index in [1.807, 2.05) is 25.2 Å². The van der Waals surface area contributed by atoms with Gasteiger partial charge in [0.2, 0.25) is 0 Å². The number of hydrogen-bond acceptors (Lipinski definition) is 2. The molecule has 2 nitrogen and oxygen atoms in total. The summed E-state index contributed by atoms with van der Waals surface area (Å²) in [6.07, 6.45) is 1.09. The molecule has 1 aromatic heterocycles. The smallest absolute Gasteiger partial charge is 0.134 e. The Balaban J connectivity index is 2.19. The van der Waals surface area contributed by atoms with Crippen molar-refractivity contribution >= 4 is 11.0 Å². The molecule has 0 saturated carbocycles. The molecule has 2 atom stereocenters. The summed E-state index contributed by atoms with van der Waals surface area (Å²) in [5.74, 6) is 1.54. The molecule has 86 valence electrons. The highest BCUT2D eigenvalue weighted by atomic mass is 16.3. The van der Waals surface area contributed by atoms with Crippen molar-refractivity contribution in [1.82, 2.24) is 5.32 Å². The summed E-state index contributed by atoms with van der Waals surface area (Å²) in [6.45, 7) is 4.41. The van der Waals surface area contributed by atoms with Crippen LogP contribution in [0.2, 0.25) is 0 Å². The highest BCUT2D eigenvalue weighted by molar-refractivity contribution is 5.77. The third-order valence-electron chi connectivity index (χ3n) is 3.13. The average Bonchev–Trinajstić information content (AvgIpc) is 2.72. The van der Waals surface area contributed by atoms with Gasteiger partial charge >= 0.3 is 0 Å². The highest BCUT2D eigenvalue weighted by Gasteiger charge is 2.13. The van der Waals surface area contributed by atoms with Gasteiger partial charge in [0, 0.05) is 17.3 Å². The minimum Gasteiger partial charge on any atom is -0.461 e. The Bertz CT molecular complexity index is 427. The molecule has 2 rings (SSSR count). The molecule has 1 aromatic carbocycles. The molecule has 0 bridgehead atoms. The molecular weight excluding hydrogens is 198 g/mol. The lowest BCUT2D eigenvalue weighted by Gasteiger charge is -2.14. The van der Waals surface area contributed by atoms with E-state index < -0.39 is 0 Å². The Hall–Kier alpha value is -1.28. The maximum absolute atomic E-state index is 5.85. The molecule has 0 fully saturated rings. The predicted octanol–water partition coefficient (Wildman–Crippen LogP) is 3.53. The van der Waals surface area contributed by atoms with Crippen LogP contribution in [-0.4, -0.2) is 13.1 Å². The molecule has 0 radical (unpaired) electrons. The zero-order chi connectivity index (χ0) is 11.5. The van der Waals surface area contributed by atoms with Gasteiger partial charge in [0.05, 0.1) is 0 Å². The van der Waals surface area contributed by atoms with Gasteiger partial charge in [-0.3, -0.25) is 0 Å². The van der Waals surface area contributed by atoms with Crippen molar-refractivity contribution in [3.8, 4) is 0 Å². The van der Waals surface area contributed by atoms with Crippen molar-refractivity contribution in [2.75, 3.05) is 7.05 Å². The van der Waals surface area contributed by atoms with E-state index >= 15 is 0 Å². The molecule has 2 heteroatoms. The topological polar surface area (TPSA) is 25.2 Å². The first-order valence-corrected chi connectivity index (χ1v) is 5.86. The number of furan rings is 1. The summed E-state index contributed by atoms with van der Waals surface area (Å²) >= 11 is 0. The molecule has 0 aliphatic carbocycles. The van der Waals surface area contributed by atoms with Crippen molar-refractivity contribution < 1.29 is 4.42 Å². The lowest BCUT2D eigenvalue weighted by molar-refractivity contribution is 0.445. The van der Waals surface area contributed by atoms with E-state index in [0.717, 1.165) is 17.8 Å². The first-order chi connectivity index (χ1) is 7.70. The van der Waals surface area contributed by atoms with Gasteiger partial charge in [-0.25, -0.2) is 0 Å². The zero-order valence-electron chi connectivity index (χ0n) is 10.2. The average molecular weight is 217 g/mol. The summed E-state index contributed by atoms with van der Waals surface area (Å²) in [5, 5.41) is 4.45. The lowest BCUT2D eigenvalue weighted by atomic mass is 10.0. The normalized spacial score (nSPS) is 15.2. The van der Waals surface area contributed by atoms with Crippen LogP contribution >= 0.6 is 0 Å². The van der Waals surface area contributed by atoms with E-state index in [1.54, 1.807) is 0 Å². The van der Waals surface area contributed by atoms with E-state index in [9.17, 15) is 0 Å². The van der Waals surface area contributed by atoms with Crippen LogP contribution in [0.4, 0.5) is 0 Å². The van der Waals surface area contributed by atoms with E-state index in [1.165, 1.54) is 5.39 Å². The van der Waals surface area contributed by atoms with Gasteiger partial charge in [0.1, 0.15) is 11.3 Å². The van der Waals surface area contributed by atoms with Crippen molar-refractivity contribution in [2.24, 2.45) is 0 Å². The monoisotopic (exact) mass is 217 g/mol. The maximum atomic E-state index is 5.85. The number of nitrogens with one attached hydrogen (secondary N) is 1. The first-order valence-electron chi connectivity index (χ1n) is 5.86. The van der Waals surface area contributed by atoms with Crippen molar-refractivity contribution in [3.63, 3.8) is 0 Å². The highest BCUT2D eigenvalue weighted by Crippen LogP contribution is 2.27. The quantitative estimate of drug-likeness (QED) is 0.847. The number of hydrogen-bond donors (Lipinski definition) is 1. The summed E-state index contributed by atoms with van der Waals surface area (Å²) in [4.78, 5) is 0. The van der Waals surface area contributed by atoms with Gasteiger partial charge in [-0.1, -0.05) is 25.1 Å². The summed E-state index contributed by atoms with van der Waals surface area (Å²) in [5.41, 5.74) is 0.987. The van der Waals surface area contributed by atoms with Crippen molar-refractivity contribution in [3.05, 3.63) is 36.1 Å². The fraction of sp³-hybridized carbons (Fsp3) is 0.429. The van der Waals surface area contributed by atoms with E-state index in [-0.39, 0.29) is 0 Å². The van der Waals surface area contributed by atoms with Crippen LogP contribution in [-0.2, 0) is 0 Å². The van der Waals surface area contributed by atoms with E-state index in [4.69, 9.17) is 4.42 Å². The molecule has 0 aliphatic heterocycles. The van der Waals surface area contributed by atoms with Crippen LogP contribution in [0.1, 0.15) is 31.9 Å². The van der Waals surface area contributed by atoms with Crippen LogP contribution in [0.5, 0.6) is 0 Å². The Kier molecular flexibility index (Phi) is 3.30. The number of para-hydroxylation sites is 1. The van der Waals surface area contributed by atoms with Gasteiger partial charge in [-0.05, 0) is 32.5 Å². The molecule has 2 unspecified atom stereocenters. The second-order valence-corrected chi connectivity index (χ2v) is 4.51. The maximum Gasteiger partial charge on any atom is 0.134 e. The molecule has 2 aromatic rings. The molecule has 16 heavy (non-hydrogen) atoms. The lowest BCUT2D eigenvalue weighted by Crippen LogP contribution is -2.22. The fourth-order valence-corrected chi connectivity index (χ4v) is 2.01. The molecule has 0 saturated heterocycles. The molecular formula is C14H19NO. The molecule has 1 heterocycles.